The molecular weight excluding hydrogens is 394 g/mol. The highest BCUT2D eigenvalue weighted by atomic mass is 19.3. The Balaban J connectivity index is 1.67. The van der Waals surface area contributed by atoms with Gasteiger partial charge in [-0.25, -0.2) is 23.7 Å². The molecule has 1 fully saturated rings. The van der Waals surface area contributed by atoms with Crippen LogP contribution in [0.1, 0.15) is 58.9 Å². The molecule has 9 heteroatoms. The summed E-state index contributed by atoms with van der Waals surface area (Å²) in [7, 11) is 0. The fourth-order valence-corrected chi connectivity index (χ4v) is 3.00. The molecule has 2 heterocycles. The lowest BCUT2D eigenvalue weighted by Crippen LogP contribution is -2.28. The van der Waals surface area contributed by atoms with E-state index in [0.717, 1.165) is 12.8 Å². The largest absolute Gasteiger partial charge is 0.471 e. The van der Waals surface area contributed by atoms with E-state index in [-0.39, 0.29) is 29.7 Å². The smallest absolute Gasteiger partial charge is 0.272 e. The minimum Gasteiger partial charge on any atom is -0.471 e. The Labute approximate surface area is 173 Å². The zero-order valence-corrected chi connectivity index (χ0v) is 17.1. The Morgan fingerprint density at radius 3 is 2.60 bits per heavy atom. The van der Waals surface area contributed by atoms with E-state index < -0.39 is 25.0 Å². The summed E-state index contributed by atoms with van der Waals surface area (Å²) in [5.74, 6) is 0.298. The van der Waals surface area contributed by atoms with Crippen molar-refractivity contribution in [3.8, 4) is 5.88 Å². The molecule has 0 radical (unpaired) electrons. The Bertz CT molecular complexity index is 948. The average Bonchev–Trinajstić information content (AvgIpc) is 3.51. The van der Waals surface area contributed by atoms with Gasteiger partial charge in [0.1, 0.15) is 17.3 Å². The number of hydrogen-bond acceptors (Lipinski definition) is 6. The third kappa shape index (κ3) is 5.77. The van der Waals surface area contributed by atoms with Crippen molar-refractivity contribution in [1.82, 2.24) is 20.3 Å². The van der Waals surface area contributed by atoms with Crippen molar-refractivity contribution in [3.63, 3.8) is 0 Å². The standard InChI is InChI=1S/C21H24F2N4O3/c1-11-6-15(9-24-21(11)30-10-18(22)23)13(3)26-20(29)16-7-12(2)25-19(27-16)8-17(28)14-4-5-14/h6-7,9,13-14,18H,4-5,8,10H2,1-3H3,(H,26,29). The van der Waals surface area contributed by atoms with Crippen LogP contribution in [0.15, 0.2) is 18.3 Å². The van der Waals surface area contributed by atoms with Crippen LogP contribution in [0.2, 0.25) is 0 Å². The number of amides is 1. The first-order valence-corrected chi connectivity index (χ1v) is 9.78. The van der Waals surface area contributed by atoms with E-state index in [1.54, 1.807) is 32.9 Å². The number of pyridine rings is 1. The minimum absolute atomic E-state index is 0.106. The van der Waals surface area contributed by atoms with Crippen molar-refractivity contribution in [1.29, 1.82) is 0 Å². The maximum atomic E-state index is 12.7. The van der Waals surface area contributed by atoms with E-state index in [9.17, 15) is 18.4 Å². The van der Waals surface area contributed by atoms with Crippen LogP contribution in [0.25, 0.3) is 0 Å². The van der Waals surface area contributed by atoms with Crippen molar-refractivity contribution in [3.05, 3.63) is 46.7 Å². The normalized spacial score (nSPS) is 14.5. The average molecular weight is 418 g/mol. The minimum atomic E-state index is -2.58. The number of carbonyl (C=O) groups is 2. The van der Waals surface area contributed by atoms with Crippen molar-refractivity contribution in [2.24, 2.45) is 5.92 Å². The maximum Gasteiger partial charge on any atom is 0.272 e. The molecule has 0 spiro atoms. The zero-order chi connectivity index (χ0) is 21.8. The molecule has 160 valence electrons. The van der Waals surface area contributed by atoms with Crippen molar-refractivity contribution >= 4 is 11.7 Å². The van der Waals surface area contributed by atoms with Crippen LogP contribution in [0.5, 0.6) is 5.88 Å². The highest BCUT2D eigenvalue weighted by Gasteiger charge is 2.30. The van der Waals surface area contributed by atoms with Gasteiger partial charge in [-0.15, -0.1) is 0 Å². The van der Waals surface area contributed by atoms with Crippen molar-refractivity contribution < 1.29 is 23.1 Å². The molecule has 1 amide bonds. The number of carbonyl (C=O) groups excluding carboxylic acids is 2. The van der Waals surface area contributed by atoms with E-state index in [1.165, 1.54) is 6.20 Å². The quantitative estimate of drug-likeness (QED) is 0.672. The van der Waals surface area contributed by atoms with E-state index in [2.05, 4.69) is 20.3 Å². The number of nitrogens with one attached hydrogen (secondary N) is 1. The first-order valence-electron chi connectivity index (χ1n) is 9.78. The van der Waals surface area contributed by atoms with Crippen LogP contribution >= 0.6 is 0 Å². The maximum absolute atomic E-state index is 12.7. The molecule has 1 aliphatic rings. The second-order valence-corrected chi connectivity index (χ2v) is 7.52. The number of Topliss-reactive ketones (excluding diaryl/α,β-unsaturated/α-hetero) is 1. The number of aryl methyl sites for hydroxylation is 2. The summed E-state index contributed by atoms with van der Waals surface area (Å²) in [5.41, 5.74) is 2.09. The van der Waals surface area contributed by atoms with E-state index >= 15 is 0 Å². The zero-order valence-electron chi connectivity index (χ0n) is 17.1. The van der Waals surface area contributed by atoms with Gasteiger partial charge in [0.15, 0.2) is 6.61 Å². The van der Waals surface area contributed by atoms with Crippen molar-refractivity contribution in [2.45, 2.75) is 52.5 Å². The lowest BCUT2D eigenvalue weighted by molar-refractivity contribution is -0.119. The van der Waals surface area contributed by atoms with E-state index in [4.69, 9.17) is 4.74 Å². The molecule has 1 N–H and O–H groups in total. The molecule has 1 unspecified atom stereocenters. The first-order chi connectivity index (χ1) is 14.2. The van der Waals surface area contributed by atoms with Gasteiger partial charge in [-0.2, -0.15) is 0 Å². The first kappa shape index (κ1) is 21.7. The summed E-state index contributed by atoms with van der Waals surface area (Å²) in [6.07, 6.45) is 0.851. The number of aromatic nitrogens is 3. The van der Waals surface area contributed by atoms with Gasteiger partial charge in [0.2, 0.25) is 5.88 Å². The van der Waals surface area contributed by atoms with Crippen LogP contribution in [-0.2, 0) is 11.2 Å². The molecule has 0 aromatic carbocycles. The molecule has 0 aliphatic heterocycles. The summed E-state index contributed by atoms with van der Waals surface area (Å²) in [6.45, 7) is 4.50. The number of nitrogens with zero attached hydrogens (tertiary/aromatic N) is 3. The molecular formula is C21H24F2N4O3. The third-order valence-corrected chi connectivity index (χ3v) is 4.74. The van der Waals surface area contributed by atoms with Crippen LogP contribution < -0.4 is 10.1 Å². The Kier molecular flexibility index (Phi) is 6.69. The van der Waals surface area contributed by atoms with Crippen LogP contribution in [0.4, 0.5) is 8.78 Å². The van der Waals surface area contributed by atoms with E-state index in [1.807, 2.05) is 0 Å². The molecule has 7 nitrogen and oxygen atoms in total. The highest BCUT2D eigenvalue weighted by Crippen LogP contribution is 2.30. The number of alkyl halides is 2. The summed E-state index contributed by atoms with van der Waals surface area (Å²) in [5, 5.41) is 2.84. The Morgan fingerprint density at radius 2 is 1.97 bits per heavy atom. The molecule has 30 heavy (non-hydrogen) atoms. The number of ether oxygens (including phenoxy) is 1. The van der Waals surface area contributed by atoms with Gasteiger partial charge in [0, 0.05) is 23.4 Å². The number of ketones is 1. The summed E-state index contributed by atoms with van der Waals surface area (Å²) in [6, 6.07) is 2.89. The molecule has 0 saturated heterocycles. The summed E-state index contributed by atoms with van der Waals surface area (Å²) in [4.78, 5) is 37.3. The number of hydrogen-bond donors (Lipinski definition) is 1. The predicted octanol–water partition coefficient (Wildman–Crippen LogP) is 3.14. The monoisotopic (exact) mass is 418 g/mol. The van der Waals surface area contributed by atoms with Crippen molar-refractivity contribution in [2.75, 3.05) is 6.61 Å². The van der Waals surface area contributed by atoms with Gasteiger partial charge in [0.25, 0.3) is 12.3 Å². The van der Waals surface area contributed by atoms with Crippen LogP contribution in [0.3, 0.4) is 0 Å². The van der Waals surface area contributed by atoms with Gasteiger partial charge in [-0.05, 0) is 51.3 Å². The number of halogens is 2. The highest BCUT2D eigenvalue weighted by molar-refractivity contribution is 5.92. The Hall–Kier alpha value is -2.97. The fraction of sp³-hybridized carbons (Fsp3) is 0.476. The molecule has 0 bridgehead atoms. The van der Waals surface area contributed by atoms with E-state index in [0.29, 0.717) is 22.6 Å². The molecule has 1 saturated carbocycles. The molecule has 3 rings (SSSR count). The van der Waals surface area contributed by atoms with Gasteiger partial charge >= 0.3 is 0 Å². The topological polar surface area (TPSA) is 94.1 Å². The second-order valence-electron chi connectivity index (χ2n) is 7.52. The van der Waals surface area contributed by atoms with Gasteiger partial charge in [-0.1, -0.05) is 0 Å². The molecule has 1 aliphatic carbocycles. The van der Waals surface area contributed by atoms with Gasteiger partial charge in [-0.3, -0.25) is 9.59 Å². The predicted molar refractivity (Wildman–Crippen MR) is 105 cm³/mol. The SMILES string of the molecule is Cc1cc(C(=O)NC(C)c2cnc(OCC(F)F)c(C)c2)nc(CC(=O)C2CC2)n1. The lowest BCUT2D eigenvalue weighted by Gasteiger charge is -2.16. The Morgan fingerprint density at radius 1 is 1.23 bits per heavy atom. The van der Waals surface area contributed by atoms with Crippen LogP contribution in [0, 0.1) is 19.8 Å². The van der Waals surface area contributed by atoms with Gasteiger partial charge < -0.3 is 10.1 Å². The summed E-state index contributed by atoms with van der Waals surface area (Å²) >= 11 is 0. The second kappa shape index (κ2) is 9.23. The van der Waals surface area contributed by atoms with Crippen LogP contribution in [-0.4, -0.2) is 39.7 Å². The number of rotatable bonds is 9. The molecule has 1 atom stereocenters. The fourth-order valence-electron chi connectivity index (χ4n) is 3.00. The molecule has 2 aromatic rings. The lowest BCUT2D eigenvalue weighted by atomic mass is 10.1. The van der Waals surface area contributed by atoms with Gasteiger partial charge in [0.05, 0.1) is 12.5 Å². The summed E-state index contributed by atoms with van der Waals surface area (Å²) < 4.78 is 29.6. The molecule has 2 aromatic heterocycles. The third-order valence-electron chi connectivity index (χ3n) is 4.74.